The lowest BCUT2D eigenvalue weighted by Crippen LogP contribution is -2.25. The topological polar surface area (TPSA) is 13.0 Å². The fourth-order valence-electron chi connectivity index (χ4n) is 10.5. The molecule has 0 saturated carbocycles. The fourth-order valence-corrected chi connectivity index (χ4v) is 10.5. The maximum absolute atomic E-state index is 2.48. The molecular formula is C66H46N4. The van der Waals surface area contributed by atoms with Crippen LogP contribution in [0.3, 0.4) is 0 Å². The van der Waals surface area contributed by atoms with Crippen molar-refractivity contribution in [3.8, 4) is 11.1 Å². The van der Waals surface area contributed by atoms with Crippen molar-refractivity contribution in [1.82, 2.24) is 0 Å². The lowest BCUT2D eigenvalue weighted by molar-refractivity contribution is 1.16. The van der Waals surface area contributed by atoms with Crippen LogP contribution in [0, 0.1) is 0 Å². The average Bonchev–Trinajstić information content (AvgIpc) is 3.44. The summed E-state index contributed by atoms with van der Waals surface area (Å²) in [7, 11) is 0. The second-order valence-corrected chi connectivity index (χ2v) is 17.8. The molecule has 0 unspecified atom stereocenters. The summed E-state index contributed by atoms with van der Waals surface area (Å²) in [5, 5.41) is 7.42. The molecule has 0 aromatic heterocycles. The van der Waals surface area contributed by atoms with Gasteiger partial charge in [-0.2, -0.15) is 0 Å². The van der Waals surface area contributed by atoms with Crippen molar-refractivity contribution < 1.29 is 0 Å². The predicted octanol–water partition coefficient (Wildman–Crippen LogP) is 19.0. The van der Waals surface area contributed by atoms with Crippen LogP contribution < -0.4 is 19.6 Å². The zero-order valence-corrected chi connectivity index (χ0v) is 38.3. The normalized spacial score (nSPS) is 11.9. The Morgan fingerprint density at radius 3 is 1.04 bits per heavy atom. The Labute approximate surface area is 408 Å². The molecule has 70 heavy (non-hydrogen) atoms. The molecule has 1 heterocycles. The average molecular weight is 895 g/mol. The smallest absolute Gasteiger partial charge is 0.0724 e. The highest BCUT2D eigenvalue weighted by molar-refractivity contribution is 6.26. The standard InChI is InChI=1S/C66H46N4/c1-7-21-47(22-8-1)48-35-39-59-57-33-19-20-34-58(57)60-40-36-54(44-62(60)61(59)43-48)70-63-41-37-55(67(49-23-9-2-10-24-49)50-25-11-3-12-26-50)45-65(63)69(53-31-17-6-18-32-53)66-46-56(38-42-64(66)70)68(51-27-13-4-14-28-51)52-29-15-5-16-30-52/h1-46H. The van der Waals surface area contributed by atoms with Gasteiger partial charge in [0.25, 0.3) is 0 Å². The lowest BCUT2D eigenvalue weighted by atomic mass is 9.91. The summed E-state index contributed by atoms with van der Waals surface area (Å²) in [6.07, 6.45) is 0. The van der Waals surface area contributed by atoms with Gasteiger partial charge in [0, 0.05) is 45.5 Å². The number of hydrogen-bond acceptors (Lipinski definition) is 4. The molecule has 4 heteroatoms. The fraction of sp³-hybridized carbons (Fsp3) is 0. The van der Waals surface area contributed by atoms with E-state index in [0.29, 0.717) is 0 Å². The second-order valence-electron chi connectivity index (χ2n) is 17.8. The molecule has 0 atom stereocenters. The molecule has 1 aliphatic heterocycles. The van der Waals surface area contributed by atoms with Crippen LogP contribution in [0.4, 0.5) is 68.2 Å². The number of hydrogen-bond donors (Lipinski definition) is 0. The molecule has 0 fully saturated rings. The van der Waals surface area contributed by atoms with Crippen molar-refractivity contribution in [3.05, 3.63) is 279 Å². The molecule has 12 aromatic carbocycles. The first-order chi connectivity index (χ1) is 34.7. The van der Waals surface area contributed by atoms with E-state index in [0.717, 1.165) is 68.2 Å². The zero-order valence-electron chi connectivity index (χ0n) is 38.3. The number of benzene rings is 12. The third-order valence-corrected chi connectivity index (χ3v) is 13.7. The number of anilines is 12. The molecule has 12 aromatic rings. The minimum absolute atomic E-state index is 1.05. The third kappa shape index (κ3) is 7.10. The highest BCUT2D eigenvalue weighted by Gasteiger charge is 2.33. The Hall–Kier alpha value is -9.38. The van der Waals surface area contributed by atoms with Gasteiger partial charge >= 0.3 is 0 Å². The van der Waals surface area contributed by atoms with Crippen molar-refractivity contribution >= 4 is 101 Å². The van der Waals surface area contributed by atoms with Crippen LogP contribution in [0.25, 0.3) is 43.4 Å². The number of fused-ring (bicyclic) bond motifs is 8. The minimum Gasteiger partial charge on any atom is -0.310 e. The van der Waals surface area contributed by atoms with E-state index in [1.807, 2.05) is 0 Å². The van der Waals surface area contributed by atoms with Gasteiger partial charge in [-0.3, -0.25) is 0 Å². The maximum Gasteiger partial charge on any atom is 0.0724 e. The number of rotatable bonds is 9. The van der Waals surface area contributed by atoms with Gasteiger partial charge < -0.3 is 19.6 Å². The molecule has 1 aliphatic rings. The largest absolute Gasteiger partial charge is 0.310 e. The van der Waals surface area contributed by atoms with Gasteiger partial charge in [0.2, 0.25) is 0 Å². The summed E-state index contributed by atoms with van der Waals surface area (Å²) in [6.45, 7) is 0. The van der Waals surface area contributed by atoms with Gasteiger partial charge in [0.05, 0.1) is 22.7 Å². The van der Waals surface area contributed by atoms with E-state index in [-0.39, 0.29) is 0 Å². The van der Waals surface area contributed by atoms with Crippen molar-refractivity contribution in [3.63, 3.8) is 0 Å². The summed E-state index contributed by atoms with van der Waals surface area (Å²) in [5.41, 5.74) is 15.3. The van der Waals surface area contributed by atoms with E-state index in [9.17, 15) is 0 Å². The summed E-state index contributed by atoms with van der Waals surface area (Å²) in [5.74, 6) is 0. The van der Waals surface area contributed by atoms with Gasteiger partial charge in [-0.05, 0) is 159 Å². The van der Waals surface area contributed by atoms with Gasteiger partial charge in [-0.1, -0.05) is 164 Å². The van der Waals surface area contributed by atoms with Crippen LogP contribution in [-0.2, 0) is 0 Å². The Balaban J connectivity index is 1.09. The Bertz CT molecular complexity index is 3610. The van der Waals surface area contributed by atoms with Gasteiger partial charge in [0.1, 0.15) is 0 Å². The van der Waals surface area contributed by atoms with Gasteiger partial charge in [-0.25, -0.2) is 0 Å². The molecule has 0 aliphatic carbocycles. The third-order valence-electron chi connectivity index (χ3n) is 13.7. The van der Waals surface area contributed by atoms with Gasteiger partial charge in [0.15, 0.2) is 0 Å². The summed E-state index contributed by atoms with van der Waals surface area (Å²) < 4.78 is 0. The molecule has 0 radical (unpaired) electrons. The van der Waals surface area contributed by atoms with Crippen molar-refractivity contribution in [1.29, 1.82) is 0 Å². The second kappa shape index (κ2) is 17.4. The van der Waals surface area contributed by atoms with Crippen LogP contribution in [-0.4, -0.2) is 0 Å². The van der Waals surface area contributed by atoms with Crippen LogP contribution in [0.2, 0.25) is 0 Å². The van der Waals surface area contributed by atoms with Crippen molar-refractivity contribution in [2.75, 3.05) is 19.6 Å². The Morgan fingerprint density at radius 1 is 0.200 bits per heavy atom. The zero-order chi connectivity index (χ0) is 46.4. The highest BCUT2D eigenvalue weighted by atomic mass is 15.3. The van der Waals surface area contributed by atoms with Gasteiger partial charge in [-0.15, -0.1) is 0 Å². The molecule has 0 spiro atoms. The quantitative estimate of drug-likeness (QED) is 0.134. The summed E-state index contributed by atoms with van der Waals surface area (Å²) in [4.78, 5) is 9.63. The first-order valence-electron chi connectivity index (χ1n) is 23.9. The summed E-state index contributed by atoms with van der Waals surface area (Å²) >= 11 is 0. The molecule has 0 saturated heterocycles. The molecule has 0 amide bonds. The van der Waals surface area contributed by atoms with E-state index in [1.165, 1.54) is 43.4 Å². The lowest BCUT2D eigenvalue weighted by Gasteiger charge is -2.42. The first kappa shape index (κ1) is 40.9. The number of para-hydroxylation sites is 5. The van der Waals surface area contributed by atoms with Crippen molar-refractivity contribution in [2.45, 2.75) is 0 Å². The monoisotopic (exact) mass is 894 g/mol. The van der Waals surface area contributed by atoms with Crippen LogP contribution in [0.5, 0.6) is 0 Å². The van der Waals surface area contributed by atoms with E-state index in [4.69, 9.17) is 0 Å². The van der Waals surface area contributed by atoms with Crippen molar-refractivity contribution in [2.24, 2.45) is 0 Å². The van der Waals surface area contributed by atoms with Crippen LogP contribution >= 0.6 is 0 Å². The van der Waals surface area contributed by atoms with E-state index >= 15 is 0 Å². The predicted molar refractivity (Wildman–Crippen MR) is 297 cm³/mol. The first-order valence-corrected chi connectivity index (χ1v) is 23.9. The van der Waals surface area contributed by atoms with E-state index < -0.39 is 0 Å². The molecule has 0 N–H and O–H groups in total. The molecule has 330 valence electrons. The Morgan fingerprint density at radius 2 is 0.571 bits per heavy atom. The maximum atomic E-state index is 2.48. The SMILES string of the molecule is c1ccc(-c2ccc3c4ccccc4c4ccc(N5c6ccc(N(c7ccccc7)c7ccccc7)cc6N(c6ccccc6)c6cc(N(c7ccccc7)c7ccccc7)ccc65)cc4c3c2)cc1. The minimum atomic E-state index is 1.05. The highest BCUT2D eigenvalue weighted by Crippen LogP contribution is 2.57. The number of nitrogens with zero attached hydrogens (tertiary/aromatic N) is 4. The molecular weight excluding hydrogens is 849 g/mol. The van der Waals surface area contributed by atoms with Crippen LogP contribution in [0.1, 0.15) is 0 Å². The van der Waals surface area contributed by atoms with E-state index in [2.05, 4.69) is 299 Å². The van der Waals surface area contributed by atoms with E-state index in [1.54, 1.807) is 0 Å². The summed E-state index contributed by atoms with van der Waals surface area (Å²) in [6, 6.07) is 101. The molecule has 13 rings (SSSR count). The molecule has 0 bridgehead atoms. The van der Waals surface area contributed by atoms with Crippen LogP contribution in [0.15, 0.2) is 279 Å². The Kier molecular flexibility index (Phi) is 10.1. The molecule has 4 nitrogen and oxygen atoms in total.